The molecule has 5 heterocycles. The highest BCUT2D eigenvalue weighted by Crippen LogP contribution is 2.41. The van der Waals surface area contributed by atoms with Gasteiger partial charge < -0.3 is 25.0 Å². The summed E-state index contributed by atoms with van der Waals surface area (Å²) < 4.78 is 52.0. The smallest absolute Gasteiger partial charge is 0.319 e. The van der Waals surface area contributed by atoms with E-state index < -0.39 is 17.0 Å². The number of nitrogens with one attached hydrogen (secondary N) is 1. The van der Waals surface area contributed by atoms with Crippen molar-refractivity contribution in [3.05, 3.63) is 59.6 Å². The monoisotopic (exact) mass is 628 g/mol. The van der Waals surface area contributed by atoms with Gasteiger partial charge in [0.15, 0.2) is 5.82 Å². The first-order chi connectivity index (χ1) is 22.2. The van der Waals surface area contributed by atoms with Gasteiger partial charge in [-0.25, -0.2) is 13.2 Å². The van der Waals surface area contributed by atoms with Gasteiger partial charge in [-0.05, 0) is 61.9 Å². The number of terminal acetylenes is 1. The SMILES string of the molecule is C#Cc1c(F)ccc2cc(O)cc(-c3ncc4c(N5C[C@H]6CC[C@@H](C5)N6)nc(OC[C@]5(CC)CN(C)CC/C5=C\F)nc4c3F)c12. The molecule has 3 aliphatic heterocycles. The molecule has 7 rings (SSSR count). The number of hydrogen-bond acceptors (Lipinski definition) is 8. The predicted octanol–water partition coefficient (Wildman–Crippen LogP) is 5.71. The summed E-state index contributed by atoms with van der Waals surface area (Å²) in [6.07, 6.45) is 11.2. The van der Waals surface area contributed by atoms with E-state index in [9.17, 15) is 13.9 Å². The zero-order valence-electron chi connectivity index (χ0n) is 25.8. The molecule has 0 amide bonds. The van der Waals surface area contributed by atoms with E-state index in [1.54, 1.807) is 0 Å². The Balaban J connectivity index is 1.38. The molecule has 4 aromatic rings. The number of ether oxygens (including phenoxy) is 1. The number of hydrogen-bond donors (Lipinski definition) is 2. The quantitative estimate of drug-likeness (QED) is 0.263. The van der Waals surface area contributed by atoms with Crippen LogP contribution in [0.1, 0.15) is 38.2 Å². The fraction of sp³-hybridized carbons (Fsp3) is 0.400. The first-order valence-corrected chi connectivity index (χ1v) is 15.6. The summed E-state index contributed by atoms with van der Waals surface area (Å²) >= 11 is 0. The number of piperidine rings is 1. The number of likely N-dealkylation sites (tertiary alicyclic amines) is 1. The topological polar surface area (TPSA) is 86.6 Å². The minimum atomic E-state index is -0.782. The van der Waals surface area contributed by atoms with Gasteiger partial charge in [-0.1, -0.05) is 18.9 Å². The number of aromatic nitrogens is 3. The molecule has 8 nitrogen and oxygen atoms in total. The number of phenols is 1. The molecular formula is C35H35F3N6O2. The van der Waals surface area contributed by atoms with Crippen molar-refractivity contribution in [1.82, 2.24) is 25.2 Å². The largest absolute Gasteiger partial charge is 0.508 e. The van der Waals surface area contributed by atoms with E-state index in [2.05, 4.69) is 31.0 Å². The van der Waals surface area contributed by atoms with Crippen LogP contribution in [-0.4, -0.2) is 76.9 Å². The van der Waals surface area contributed by atoms with Gasteiger partial charge in [0.1, 0.15) is 35.2 Å². The normalized spacial score (nSPS) is 24.2. The van der Waals surface area contributed by atoms with Crippen molar-refractivity contribution in [3.63, 3.8) is 0 Å². The lowest BCUT2D eigenvalue weighted by molar-refractivity contribution is 0.0913. The molecule has 2 aromatic heterocycles. The molecule has 11 heteroatoms. The van der Waals surface area contributed by atoms with Crippen molar-refractivity contribution in [2.45, 2.75) is 44.7 Å². The van der Waals surface area contributed by atoms with Crippen molar-refractivity contribution in [2.75, 3.05) is 44.7 Å². The average molecular weight is 629 g/mol. The van der Waals surface area contributed by atoms with Crippen LogP contribution in [0.2, 0.25) is 0 Å². The van der Waals surface area contributed by atoms with Gasteiger partial charge in [0.25, 0.3) is 0 Å². The van der Waals surface area contributed by atoms with Crippen LogP contribution in [-0.2, 0) is 0 Å². The Morgan fingerprint density at radius 1 is 1.20 bits per heavy atom. The van der Waals surface area contributed by atoms with Gasteiger partial charge in [0.05, 0.1) is 17.3 Å². The molecule has 2 aromatic carbocycles. The van der Waals surface area contributed by atoms with Crippen molar-refractivity contribution in [1.29, 1.82) is 0 Å². The van der Waals surface area contributed by atoms with Crippen molar-refractivity contribution < 1.29 is 23.0 Å². The molecule has 0 aliphatic carbocycles. The number of benzene rings is 2. The summed E-state index contributed by atoms with van der Waals surface area (Å²) in [5.74, 6) is 1.29. The van der Waals surface area contributed by atoms with Crippen molar-refractivity contribution in [3.8, 4) is 35.4 Å². The summed E-state index contributed by atoms with van der Waals surface area (Å²) in [5.41, 5.74) is -0.00876. The van der Waals surface area contributed by atoms with E-state index in [0.717, 1.165) is 19.4 Å². The average Bonchev–Trinajstić information content (AvgIpc) is 3.40. The van der Waals surface area contributed by atoms with Gasteiger partial charge in [-0.15, -0.1) is 6.42 Å². The summed E-state index contributed by atoms with van der Waals surface area (Å²) in [5, 5.41) is 15.2. The highest BCUT2D eigenvalue weighted by atomic mass is 19.1. The molecule has 3 aliphatic rings. The van der Waals surface area contributed by atoms with Crippen LogP contribution < -0.4 is 15.0 Å². The Hall–Kier alpha value is -4.40. The Morgan fingerprint density at radius 3 is 2.70 bits per heavy atom. The molecule has 0 unspecified atom stereocenters. The molecule has 0 spiro atoms. The molecule has 3 saturated heterocycles. The number of piperazine rings is 1. The molecule has 2 N–H and O–H groups in total. The second-order valence-electron chi connectivity index (χ2n) is 12.8. The van der Waals surface area contributed by atoms with E-state index in [1.165, 1.54) is 30.5 Å². The second kappa shape index (κ2) is 11.8. The zero-order valence-corrected chi connectivity index (χ0v) is 25.8. The van der Waals surface area contributed by atoms with Crippen LogP contribution in [0.4, 0.5) is 19.0 Å². The molecular weight excluding hydrogens is 593 g/mol. The first kappa shape index (κ1) is 30.3. The molecule has 0 saturated carbocycles. The Labute approximate surface area is 265 Å². The van der Waals surface area contributed by atoms with Crippen LogP contribution in [0.15, 0.2) is 42.4 Å². The van der Waals surface area contributed by atoms with Gasteiger partial charge in [-0.2, -0.15) is 9.97 Å². The van der Waals surface area contributed by atoms with Crippen molar-refractivity contribution in [2.24, 2.45) is 5.41 Å². The molecule has 2 bridgehead atoms. The number of aromatic hydroxyl groups is 1. The van der Waals surface area contributed by atoms with Crippen LogP contribution in [0, 0.1) is 29.4 Å². The van der Waals surface area contributed by atoms with Crippen LogP contribution in [0.5, 0.6) is 11.8 Å². The molecule has 3 fully saturated rings. The summed E-state index contributed by atoms with van der Waals surface area (Å²) in [7, 11) is 2.00. The number of halogens is 3. The maximum absolute atomic E-state index is 16.8. The number of pyridine rings is 1. The minimum absolute atomic E-state index is 0.0279. The van der Waals surface area contributed by atoms with E-state index in [4.69, 9.17) is 16.1 Å². The number of anilines is 1. The lowest BCUT2D eigenvalue weighted by atomic mass is 9.74. The Morgan fingerprint density at radius 2 is 1.98 bits per heavy atom. The van der Waals surface area contributed by atoms with E-state index in [-0.39, 0.29) is 58.2 Å². The van der Waals surface area contributed by atoms with E-state index in [1.807, 2.05) is 14.0 Å². The molecule has 0 radical (unpaired) electrons. The zero-order chi connectivity index (χ0) is 32.2. The minimum Gasteiger partial charge on any atom is -0.508 e. The third-order valence-corrected chi connectivity index (χ3v) is 9.91. The molecule has 3 atom stereocenters. The number of phenolic OH excluding ortho intramolecular Hbond substituents is 1. The molecule has 46 heavy (non-hydrogen) atoms. The Bertz CT molecular complexity index is 1910. The lowest BCUT2D eigenvalue weighted by Gasteiger charge is -2.42. The van der Waals surface area contributed by atoms with Gasteiger partial charge in [0.2, 0.25) is 0 Å². The third kappa shape index (κ3) is 5.10. The standard InChI is InChI=1S/C35H35F3N6O2/c1-4-25-28(37)9-6-20-12-24(45)13-26(29(20)25)31-30(38)32-27(15-39-31)33(44-16-22-7-8-23(17-44)40-22)42-34(41-32)46-19-35(5-2)18-43(3)11-10-21(35)14-36/h1,6,9,12-15,22-23,40,45H,5,7-8,10-11,16-19H2,2-3H3/b21-14+/t22-,23+,35-/m0/s1. The van der Waals surface area contributed by atoms with Crippen molar-refractivity contribution >= 4 is 27.5 Å². The fourth-order valence-corrected chi connectivity index (χ4v) is 7.46. The number of nitrogens with zero attached hydrogens (tertiary/aromatic N) is 5. The van der Waals surface area contributed by atoms with Crippen LogP contribution in [0.25, 0.3) is 32.9 Å². The first-order valence-electron chi connectivity index (χ1n) is 15.6. The number of rotatable bonds is 6. The third-order valence-electron chi connectivity index (χ3n) is 9.91. The summed E-state index contributed by atoms with van der Waals surface area (Å²) in [6, 6.07) is 5.98. The Kier molecular flexibility index (Phi) is 7.73. The van der Waals surface area contributed by atoms with Gasteiger partial charge in [0, 0.05) is 60.8 Å². The van der Waals surface area contributed by atoms with Crippen LogP contribution in [0.3, 0.4) is 0 Å². The lowest BCUT2D eigenvalue weighted by Crippen LogP contribution is -2.51. The van der Waals surface area contributed by atoms with E-state index >= 15 is 4.39 Å². The summed E-state index contributed by atoms with van der Waals surface area (Å²) in [4.78, 5) is 18.1. The summed E-state index contributed by atoms with van der Waals surface area (Å²) in [6.45, 7) is 4.80. The molecule has 238 valence electrons. The van der Waals surface area contributed by atoms with Gasteiger partial charge in [-0.3, -0.25) is 4.98 Å². The highest BCUT2D eigenvalue weighted by molar-refractivity contribution is 6.03. The number of fused-ring (bicyclic) bond motifs is 4. The fourth-order valence-electron chi connectivity index (χ4n) is 7.46. The maximum atomic E-state index is 16.8. The predicted molar refractivity (Wildman–Crippen MR) is 171 cm³/mol. The second-order valence-corrected chi connectivity index (χ2v) is 12.8. The maximum Gasteiger partial charge on any atom is 0.319 e. The van der Waals surface area contributed by atoms with E-state index in [0.29, 0.717) is 61.0 Å². The van der Waals surface area contributed by atoms with Gasteiger partial charge >= 0.3 is 6.01 Å². The van der Waals surface area contributed by atoms with Crippen LogP contribution >= 0.6 is 0 Å². The highest BCUT2D eigenvalue weighted by Gasteiger charge is 2.39.